The molecule has 1 heterocycles. The molecule has 2 unspecified atom stereocenters. The second-order valence-electron chi connectivity index (χ2n) is 6.09. The predicted molar refractivity (Wildman–Crippen MR) is 77.7 cm³/mol. The van der Waals surface area contributed by atoms with Crippen LogP contribution in [0.2, 0.25) is 0 Å². The highest BCUT2D eigenvalue weighted by molar-refractivity contribution is 5.76. The number of methoxy groups -OCH3 is 1. The SMILES string of the molecule is COC(=O)C(NC1c2ccccc2OC1(C)C)C(C)C. The molecular formula is C16H23NO3. The zero-order valence-electron chi connectivity index (χ0n) is 12.8. The third-order valence-electron chi connectivity index (χ3n) is 3.77. The van der Waals surface area contributed by atoms with Crippen molar-refractivity contribution in [1.29, 1.82) is 0 Å². The van der Waals surface area contributed by atoms with E-state index in [2.05, 4.69) is 5.32 Å². The van der Waals surface area contributed by atoms with E-state index in [1.54, 1.807) is 0 Å². The van der Waals surface area contributed by atoms with Gasteiger partial charge in [0, 0.05) is 5.56 Å². The average molecular weight is 277 g/mol. The first-order valence-corrected chi connectivity index (χ1v) is 6.98. The van der Waals surface area contributed by atoms with Gasteiger partial charge in [-0.25, -0.2) is 0 Å². The van der Waals surface area contributed by atoms with Crippen molar-refractivity contribution >= 4 is 5.97 Å². The van der Waals surface area contributed by atoms with E-state index in [4.69, 9.17) is 9.47 Å². The fraction of sp³-hybridized carbons (Fsp3) is 0.562. The second kappa shape index (κ2) is 5.44. The summed E-state index contributed by atoms with van der Waals surface area (Å²) in [6.07, 6.45) is 0. The van der Waals surface area contributed by atoms with Gasteiger partial charge in [0.15, 0.2) is 0 Å². The van der Waals surface area contributed by atoms with E-state index in [0.717, 1.165) is 11.3 Å². The van der Waals surface area contributed by atoms with Crippen molar-refractivity contribution in [3.8, 4) is 5.75 Å². The molecule has 0 fully saturated rings. The Bertz CT molecular complexity index is 496. The Balaban J connectivity index is 2.29. The molecule has 1 aliphatic heterocycles. The summed E-state index contributed by atoms with van der Waals surface area (Å²) in [5.41, 5.74) is 0.692. The quantitative estimate of drug-likeness (QED) is 0.860. The van der Waals surface area contributed by atoms with Crippen LogP contribution in [0.25, 0.3) is 0 Å². The van der Waals surface area contributed by atoms with Crippen LogP contribution < -0.4 is 10.1 Å². The zero-order valence-corrected chi connectivity index (χ0v) is 12.8. The largest absolute Gasteiger partial charge is 0.486 e. The molecule has 1 N–H and O–H groups in total. The van der Waals surface area contributed by atoms with Crippen LogP contribution in [-0.4, -0.2) is 24.7 Å². The van der Waals surface area contributed by atoms with Crippen LogP contribution >= 0.6 is 0 Å². The van der Waals surface area contributed by atoms with Crippen molar-refractivity contribution in [2.75, 3.05) is 7.11 Å². The third-order valence-corrected chi connectivity index (χ3v) is 3.77. The van der Waals surface area contributed by atoms with E-state index in [9.17, 15) is 4.79 Å². The summed E-state index contributed by atoms with van der Waals surface area (Å²) in [5, 5.41) is 3.41. The number of fused-ring (bicyclic) bond motifs is 1. The topological polar surface area (TPSA) is 47.6 Å². The van der Waals surface area contributed by atoms with Gasteiger partial charge in [0.2, 0.25) is 0 Å². The number of nitrogens with one attached hydrogen (secondary N) is 1. The Labute approximate surface area is 120 Å². The lowest BCUT2D eigenvalue weighted by molar-refractivity contribution is -0.144. The van der Waals surface area contributed by atoms with Crippen LogP contribution in [0.3, 0.4) is 0 Å². The molecular weight excluding hydrogens is 254 g/mol. The maximum absolute atomic E-state index is 11.9. The van der Waals surface area contributed by atoms with Gasteiger partial charge < -0.3 is 9.47 Å². The van der Waals surface area contributed by atoms with Crippen LogP contribution in [0, 0.1) is 5.92 Å². The summed E-state index contributed by atoms with van der Waals surface area (Å²) in [4.78, 5) is 11.9. The van der Waals surface area contributed by atoms with E-state index in [-0.39, 0.29) is 24.0 Å². The summed E-state index contributed by atoms with van der Waals surface area (Å²) >= 11 is 0. The van der Waals surface area contributed by atoms with Gasteiger partial charge in [0.1, 0.15) is 17.4 Å². The number of para-hydroxylation sites is 1. The van der Waals surface area contributed by atoms with Crippen LogP contribution in [0.1, 0.15) is 39.3 Å². The van der Waals surface area contributed by atoms with E-state index in [0.29, 0.717) is 0 Å². The van der Waals surface area contributed by atoms with E-state index in [1.807, 2.05) is 52.0 Å². The highest BCUT2D eigenvalue weighted by atomic mass is 16.5. The minimum absolute atomic E-state index is 0.0369. The van der Waals surface area contributed by atoms with Crippen molar-refractivity contribution in [3.05, 3.63) is 29.8 Å². The lowest BCUT2D eigenvalue weighted by atomic mass is 9.92. The van der Waals surface area contributed by atoms with E-state index >= 15 is 0 Å². The Kier molecular flexibility index (Phi) is 4.04. The van der Waals surface area contributed by atoms with Gasteiger partial charge in [0.25, 0.3) is 0 Å². The Morgan fingerprint density at radius 2 is 2.00 bits per heavy atom. The van der Waals surface area contributed by atoms with Gasteiger partial charge in [-0.1, -0.05) is 32.0 Å². The van der Waals surface area contributed by atoms with Gasteiger partial charge in [-0.3, -0.25) is 10.1 Å². The number of carbonyl (C=O) groups excluding carboxylic acids is 1. The number of ether oxygens (including phenoxy) is 2. The van der Waals surface area contributed by atoms with E-state index in [1.165, 1.54) is 7.11 Å². The van der Waals surface area contributed by atoms with Crippen LogP contribution in [0.5, 0.6) is 5.75 Å². The monoisotopic (exact) mass is 277 g/mol. The van der Waals surface area contributed by atoms with Gasteiger partial charge in [-0.2, -0.15) is 0 Å². The van der Waals surface area contributed by atoms with Crippen molar-refractivity contribution < 1.29 is 14.3 Å². The van der Waals surface area contributed by atoms with E-state index < -0.39 is 5.60 Å². The molecule has 0 bridgehead atoms. The smallest absolute Gasteiger partial charge is 0.323 e. The van der Waals surface area contributed by atoms with Crippen molar-refractivity contribution in [1.82, 2.24) is 5.32 Å². The molecule has 20 heavy (non-hydrogen) atoms. The highest BCUT2D eigenvalue weighted by Gasteiger charge is 2.43. The Morgan fingerprint density at radius 1 is 1.35 bits per heavy atom. The minimum Gasteiger partial charge on any atom is -0.486 e. The summed E-state index contributed by atoms with van der Waals surface area (Å²) in [7, 11) is 1.42. The molecule has 0 amide bonds. The lowest BCUT2D eigenvalue weighted by Gasteiger charge is -2.31. The molecule has 2 rings (SSSR count). The number of carbonyl (C=O) groups is 1. The first-order chi connectivity index (χ1) is 9.36. The molecule has 4 nitrogen and oxygen atoms in total. The van der Waals surface area contributed by atoms with Gasteiger partial charge in [-0.05, 0) is 25.8 Å². The maximum Gasteiger partial charge on any atom is 0.323 e. The molecule has 1 aromatic rings. The molecule has 0 saturated carbocycles. The Morgan fingerprint density at radius 3 is 2.60 bits per heavy atom. The number of hydrogen-bond donors (Lipinski definition) is 1. The molecule has 2 atom stereocenters. The molecule has 0 aromatic heterocycles. The second-order valence-corrected chi connectivity index (χ2v) is 6.09. The maximum atomic E-state index is 11.9. The van der Waals surface area contributed by atoms with Crippen molar-refractivity contribution in [2.24, 2.45) is 5.92 Å². The zero-order chi connectivity index (χ0) is 14.9. The summed E-state index contributed by atoms with van der Waals surface area (Å²) < 4.78 is 10.9. The number of benzene rings is 1. The number of esters is 1. The molecule has 1 aliphatic rings. The van der Waals surface area contributed by atoms with Gasteiger partial charge in [-0.15, -0.1) is 0 Å². The first kappa shape index (κ1) is 14.9. The van der Waals surface area contributed by atoms with Crippen LogP contribution in [0.4, 0.5) is 0 Å². The van der Waals surface area contributed by atoms with Gasteiger partial charge >= 0.3 is 5.97 Å². The molecule has 1 aromatic carbocycles. The molecule has 0 saturated heterocycles. The molecule has 0 radical (unpaired) electrons. The minimum atomic E-state index is -0.398. The van der Waals surface area contributed by atoms with Crippen molar-refractivity contribution in [3.63, 3.8) is 0 Å². The number of rotatable bonds is 4. The molecule has 110 valence electrons. The fourth-order valence-electron chi connectivity index (χ4n) is 2.66. The van der Waals surface area contributed by atoms with Crippen molar-refractivity contribution in [2.45, 2.75) is 45.4 Å². The summed E-state index contributed by atoms with van der Waals surface area (Å²) in [6.45, 7) is 8.06. The molecule has 4 heteroatoms. The van der Waals surface area contributed by atoms with Gasteiger partial charge in [0.05, 0.1) is 13.2 Å². The lowest BCUT2D eigenvalue weighted by Crippen LogP contribution is -2.49. The van der Waals surface area contributed by atoms with Crippen LogP contribution in [-0.2, 0) is 9.53 Å². The molecule has 0 aliphatic carbocycles. The average Bonchev–Trinajstić information content (AvgIpc) is 2.64. The Hall–Kier alpha value is -1.55. The number of hydrogen-bond acceptors (Lipinski definition) is 4. The highest BCUT2D eigenvalue weighted by Crippen LogP contribution is 2.43. The normalized spacial score (nSPS) is 21.2. The summed E-state index contributed by atoms with van der Waals surface area (Å²) in [5.74, 6) is 0.786. The fourth-order valence-corrected chi connectivity index (χ4v) is 2.66. The van der Waals surface area contributed by atoms with Crippen LogP contribution in [0.15, 0.2) is 24.3 Å². The third kappa shape index (κ3) is 2.66. The standard InChI is InChI=1S/C16H23NO3/c1-10(2)13(15(18)19-5)17-14-11-8-6-7-9-12(11)20-16(14,3)4/h6-10,13-14,17H,1-5H3. The summed E-state index contributed by atoms with van der Waals surface area (Å²) in [6, 6.07) is 7.56. The predicted octanol–water partition coefficient (Wildman–Crippen LogP) is 2.69. The molecule has 0 spiro atoms. The first-order valence-electron chi connectivity index (χ1n) is 6.98.